The number of hydrogen-bond donors (Lipinski definition) is 3. The Hall–Kier alpha value is -3.52. The minimum atomic E-state index is -0.974. The van der Waals surface area contributed by atoms with Crippen LogP contribution < -0.4 is 11.1 Å². The van der Waals surface area contributed by atoms with Gasteiger partial charge in [-0.1, -0.05) is 42.5 Å². The van der Waals surface area contributed by atoms with Gasteiger partial charge in [-0.3, -0.25) is 9.59 Å². The first kappa shape index (κ1) is 22.7. The van der Waals surface area contributed by atoms with Crippen LogP contribution >= 0.6 is 0 Å². The number of carbonyl (C=O) groups excluding carboxylic acids is 2. The summed E-state index contributed by atoms with van der Waals surface area (Å²) in [5.41, 5.74) is 8.09. The smallest absolute Gasteiger partial charge is 0.238 e. The molecule has 3 atom stereocenters. The maximum Gasteiger partial charge on any atom is 0.238 e. The van der Waals surface area contributed by atoms with E-state index in [1.807, 2.05) is 35.2 Å². The third-order valence-electron chi connectivity index (χ3n) is 6.02. The Kier molecular flexibility index (Phi) is 6.84. The first-order valence-corrected chi connectivity index (χ1v) is 11.1. The molecule has 1 aliphatic rings. The molecule has 33 heavy (non-hydrogen) atoms. The number of rotatable bonds is 7. The summed E-state index contributed by atoms with van der Waals surface area (Å²) in [7, 11) is 0. The topological polar surface area (TPSA) is 104 Å². The van der Waals surface area contributed by atoms with Gasteiger partial charge in [0.25, 0.3) is 0 Å². The molecule has 3 aromatic rings. The highest BCUT2D eigenvalue weighted by atomic mass is 19.1. The average Bonchev–Trinajstić information content (AvgIpc) is 3.50. The molecular formula is C25H28FN5O2. The Balaban J connectivity index is 1.35. The number of benzene rings is 2. The van der Waals surface area contributed by atoms with Crippen molar-refractivity contribution in [1.29, 1.82) is 0 Å². The Morgan fingerprint density at radius 1 is 1.21 bits per heavy atom. The van der Waals surface area contributed by atoms with Gasteiger partial charge in [-0.2, -0.15) is 0 Å². The second-order valence-corrected chi connectivity index (χ2v) is 8.36. The number of hydrogen-bond acceptors (Lipinski definition) is 4. The molecule has 0 radical (unpaired) electrons. The van der Waals surface area contributed by atoms with Crippen molar-refractivity contribution in [2.45, 2.75) is 44.3 Å². The predicted octanol–water partition coefficient (Wildman–Crippen LogP) is 3.47. The predicted molar refractivity (Wildman–Crippen MR) is 123 cm³/mol. The molecule has 2 aromatic carbocycles. The van der Waals surface area contributed by atoms with Crippen LogP contribution in [0.2, 0.25) is 0 Å². The lowest BCUT2D eigenvalue weighted by atomic mass is 10.0. The third kappa shape index (κ3) is 5.12. The van der Waals surface area contributed by atoms with Crippen molar-refractivity contribution in [3.05, 3.63) is 78.0 Å². The number of nitrogens with one attached hydrogen (secondary N) is 2. The number of aromatic nitrogens is 2. The van der Waals surface area contributed by atoms with Crippen molar-refractivity contribution < 1.29 is 14.0 Å². The van der Waals surface area contributed by atoms with Crippen molar-refractivity contribution in [1.82, 2.24) is 20.2 Å². The van der Waals surface area contributed by atoms with Crippen LogP contribution in [-0.4, -0.2) is 39.3 Å². The Labute approximate surface area is 192 Å². The summed E-state index contributed by atoms with van der Waals surface area (Å²) in [6, 6.07) is 14.9. The fraction of sp³-hybridized carbons (Fsp3) is 0.320. The molecule has 7 nitrogen and oxygen atoms in total. The lowest BCUT2D eigenvalue weighted by Crippen LogP contribution is -2.45. The number of nitrogens with two attached hydrogens (primary N) is 1. The number of nitrogens with zero attached hydrogens (tertiary/aromatic N) is 2. The lowest BCUT2D eigenvalue weighted by molar-refractivity contribution is -0.135. The minimum Gasteiger partial charge on any atom is -0.345 e. The summed E-state index contributed by atoms with van der Waals surface area (Å²) in [5, 5.41) is 2.79. The van der Waals surface area contributed by atoms with Gasteiger partial charge < -0.3 is 20.9 Å². The summed E-state index contributed by atoms with van der Waals surface area (Å²) in [6.07, 6.45) is 3.28. The van der Waals surface area contributed by atoms with E-state index in [2.05, 4.69) is 15.3 Å². The summed E-state index contributed by atoms with van der Waals surface area (Å²) in [4.78, 5) is 34.7. The van der Waals surface area contributed by atoms with E-state index in [1.54, 1.807) is 25.1 Å². The number of aromatic amines is 1. The van der Waals surface area contributed by atoms with Crippen LogP contribution in [0.3, 0.4) is 0 Å². The van der Waals surface area contributed by atoms with Gasteiger partial charge in [-0.05, 0) is 37.5 Å². The standard InChI is InChI=1S/C25H28FN5O2/c1-16(24-28-15-21(30-24)18-10-5-6-11-19(18)26)29-25(33)20(27)14-23(32)31-13-7-12-22(31)17-8-3-2-4-9-17/h2-6,8-11,15-16,20,22H,7,12-14,27H2,1H3,(H,28,30)(H,29,33)/t16?,20?,22-/m1/s1. The van der Waals surface area contributed by atoms with E-state index in [0.29, 0.717) is 23.6 Å². The summed E-state index contributed by atoms with van der Waals surface area (Å²) in [6.45, 7) is 2.41. The Morgan fingerprint density at radius 3 is 2.70 bits per heavy atom. The van der Waals surface area contributed by atoms with E-state index < -0.39 is 18.0 Å². The highest BCUT2D eigenvalue weighted by Crippen LogP contribution is 2.32. The Morgan fingerprint density at radius 2 is 1.94 bits per heavy atom. The summed E-state index contributed by atoms with van der Waals surface area (Å²) >= 11 is 0. The number of H-pyrrole nitrogens is 1. The molecule has 2 unspecified atom stereocenters. The molecule has 0 saturated carbocycles. The van der Waals surface area contributed by atoms with E-state index in [9.17, 15) is 14.0 Å². The summed E-state index contributed by atoms with van der Waals surface area (Å²) in [5.74, 6) is -0.448. The maximum atomic E-state index is 14.0. The number of likely N-dealkylation sites (tertiary alicyclic amines) is 1. The van der Waals surface area contributed by atoms with Crippen LogP contribution in [0.15, 0.2) is 60.8 Å². The average molecular weight is 450 g/mol. The van der Waals surface area contributed by atoms with Crippen molar-refractivity contribution in [3.8, 4) is 11.3 Å². The van der Waals surface area contributed by atoms with Gasteiger partial charge in [0.2, 0.25) is 11.8 Å². The van der Waals surface area contributed by atoms with Gasteiger partial charge >= 0.3 is 0 Å². The van der Waals surface area contributed by atoms with Gasteiger partial charge in [-0.15, -0.1) is 0 Å². The second-order valence-electron chi connectivity index (χ2n) is 8.36. The molecule has 1 fully saturated rings. The van der Waals surface area contributed by atoms with Crippen molar-refractivity contribution in [2.24, 2.45) is 5.73 Å². The molecule has 0 bridgehead atoms. The van der Waals surface area contributed by atoms with Gasteiger partial charge in [0.1, 0.15) is 11.6 Å². The fourth-order valence-corrected chi connectivity index (χ4v) is 4.25. The highest BCUT2D eigenvalue weighted by Gasteiger charge is 2.32. The molecule has 2 amide bonds. The molecule has 172 valence electrons. The molecular weight excluding hydrogens is 421 g/mol. The van der Waals surface area contributed by atoms with Crippen LogP contribution in [-0.2, 0) is 9.59 Å². The minimum absolute atomic E-state index is 0.0211. The molecule has 1 saturated heterocycles. The van der Waals surface area contributed by atoms with E-state index in [1.165, 1.54) is 12.3 Å². The highest BCUT2D eigenvalue weighted by molar-refractivity contribution is 5.88. The van der Waals surface area contributed by atoms with E-state index in [-0.39, 0.29) is 24.2 Å². The van der Waals surface area contributed by atoms with Crippen molar-refractivity contribution in [2.75, 3.05) is 6.54 Å². The Bertz CT molecular complexity index is 1120. The SMILES string of the molecule is CC(NC(=O)C(N)CC(=O)N1CCC[C@@H]1c1ccccc1)c1ncc(-c2ccccc2F)[nH]1. The molecule has 1 aliphatic heterocycles. The third-order valence-corrected chi connectivity index (χ3v) is 6.02. The van der Waals surface area contributed by atoms with Crippen LogP contribution in [0.25, 0.3) is 11.3 Å². The first-order chi connectivity index (χ1) is 15.9. The molecule has 8 heteroatoms. The monoisotopic (exact) mass is 449 g/mol. The number of halogens is 1. The zero-order valence-electron chi connectivity index (χ0n) is 18.5. The normalized spacial score (nSPS) is 17.5. The first-order valence-electron chi connectivity index (χ1n) is 11.1. The van der Waals surface area contributed by atoms with E-state index in [4.69, 9.17) is 5.73 Å². The van der Waals surface area contributed by atoms with Gasteiger partial charge in [0, 0.05) is 12.1 Å². The van der Waals surface area contributed by atoms with Crippen LogP contribution in [0, 0.1) is 5.82 Å². The zero-order valence-corrected chi connectivity index (χ0v) is 18.5. The largest absolute Gasteiger partial charge is 0.345 e. The quantitative estimate of drug-likeness (QED) is 0.514. The van der Waals surface area contributed by atoms with Crippen LogP contribution in [0.5, 0.6) is 0 Å². The molecule has 4 N–H and O–H groups in total. The second kappa shape index (κ2) is 9.95. The van der Waals surface area contributed by atoms with E-state index >= 15 is 0 Å². The van der Waals surface area contributed by atoms with E-state index in [0.717, 1.165) is 18.4 Å². The number of carbonyl (C=O) groups is 2. The number of amides is 2. The maximum absolute atomic E-state index is 14.0. The molecule has 4 rings (SSSR count). The van der Waals surface area contributed by atoms with Gasteiger partial charge in [0.05, 0.1) is 36.4 Å². The molecule has 0 spiro atoms. The fourth-order valence-electron chi connectivity index (χ4n) is 4.25. The number of imidazole rings is 1. The van der Waals surface area contributed by atoms with Gasteiger partial charge in [-0.25, -0.2) is 9.37 Å². The molecule has 2 heterocycles. The van der Waals surface area contributed by atoms with Crippen molar-refractivity contribution in [3.63, 3.8) is 0 Å². The van der Waals surface area contributed by atoms with Gasteiger partial charge in [0.15, 0.2) is 0 Å². The van der Waals surface area contributed by atoms with Crippen LogP contribution in [0.4, 0.5) is 4.39 Å². The molecule has 0 aliphatic carbocycles. The summed E-state index contributed by atoms with van der Waals surface area (Å²) < 4.78 is 14.0. The van der Waals surface area contributed by atoms with Crippen molar-refractivity contribution >= 4 is 11.8 Å². The lowest BCUT2D eigenvalue weighted by Gasteiger charge is -2.26. The zero-order chi connectivity index (χ0) is 23.4. The molecule has 1 aromatic heterocycles. The van der Waals surface area contributed by atoms with Crippen LogP contribution in [0.1, 0.15) is 49.7 Å².